The minimum absolute atomic E-state index is 0.0847. The SMILES string of the molecule is Oc1cc(F)cc(CNc2ccc(-c3nnco3)cc2)c1. The van der Waals surface area contributed by atoms with E-state index >= 15 is 0 Å². The molecule has 0 saturated heterocycles. The van der Waals surface area contributed by atoms with Gasteiger partial charge in [-0.15, -0.1) is 10.2 Å². The number of nitrogens with zero attached hydrogens (tertiary/aromatic N) is 2. The molecule has 0 fully saturated rings. The van der Waals surface area contributed by atoms with Gasteiger partial charge >= 0.3 is 0 Å². The highest BCUT2D eigenvalue weighted by atomic mass is 19.1. The second kappa shape index (κ2) is 5.62. The van der Waals surface area contributed by atoms with Crippen LogP contribution in [0.4, 0.5) is 10.1 Å². The van der Waals surface area contributed by atoms with Gasteiger partial charge < -0.3 is 14.8 Å². The van der Waals surface area contributed by atoms with Crippen LogP contribution in [0, 0.1) is 5.82 Å². The monoisotopic (exact) mass is 285 g/mol. The van der Waals surface area contributed by atoms with E-state index in [2.05, 4.69) is 15.5 Å². The van der Waals surface area contributed by atoms with Crippen molar-refractivity contribution in [2.75, 3.05) is 5.32 Å². The van der Waals surface area contributed by atoms with E-state index in [1.165, 1.54) is 18.5 Å². The Morgan fingerprint density at radius 2 is 1.95 bits per heavy atom. The topological polar surface area (TPSA) is 71.2 Å². The number of aromatic nitrogens is 2. The maximum Gasteiger partial charge on any atom is 0.247 e. The van der Waals surface area contributed by atoms with Crippen LogP contribution >= 0.6 is 0 Å². The number of phenols is 1. The van der Waals surface area contributed by atoms with Gasteiger partial charge in [-0.05, 0) is 42.0 Å². The van der Waals surface area contributed by atoms with Crippen LogP contribution in [0.25, 0.3) is 11.5 Å². The molecule has 5 nitrogen and oxygen atoms in total. The highest BCUT2D eigenvalue weighted by molar-refractivity contribution is 5.58. The minimum Gasteiger partial charge on any atom is -0.508 e. The zero-order valence-corrected chi connectivity index (χ0v) is 11.0. The lowest BCUT2D eigenvalue weighted by Gasteiger charge is -2.07. The molecule has 1 aromatic heterocycles. The molecule has 1 heterocycles. The van der Waals surface area contributed by atoms with Crippen molar-refractivity contribution < 1.29 is 13.9 Å². The van der Waals surface area contributed by atoms with Crippen LogP contribution in [0.2, 0.25) is 0 Å². The van der Waals surface area contributed by atoms with Gasteiger partial charge in [-0.2, -0.15) is 0 Å². The maximum absolute atomic E-state index is 13.2. The Bertz CT molecular complexity index is 707. The van der Waals surface area contributed by atoms with Gasteiger partial charge in [-0.1, -0.05) is 0 Å². The standard InChI is InChI=1S/C15H12FN3O2/c16-12-5-10(6-14(20)7-12)8-17-13-3-1-11(2-4-13)15-19-18-9-21-15/h1-7,9,17,20H,8H2. The number of phenolic OH excluding ortho intramolecular Hbond substituents is 1. The van der Waals surface area contributed by atoms with Crippen LogP contribution in [0.5, 0.6) is 5.75 Å². The van der Waals surface area contributed by atoms with Crippen molar-refractivity contribution in [1.29, 1.82) is 0 Å². The fraction of sp³-hybridized carbons (Fsp3) is 0.0667. The second-order valence-corrected chi connectivity index (χ2v) is 4.49. The molecule has 0 saturated carbocycles. The number of rotatable bonds is 4. The molecule has 0 atom stereocenters. The third-order valence-corrected chi connectivity index (χ3v) is 2.93. The van der Waals surface area contributed by atoms with Crippen molar-refractivity contribution in [2.45, 2.75) is 6.54 Å². The summed E-state index contributed by atoms with van der Waals surface area (Å²) in [6.07, 6.45) is 1.28. The van der Waals surface area contributed by atoms with E-state index in [4.69, 9.17) is 4.42 Å². The molecule has 0 aliphatic rings. The largest absolute Gasteiger partial charge is 0.508 e. The number of hydrogen-bond donors (Lipinski definition) is 2. The summed E-state index contributed by atoms with van der Waals surface area (Å²) in [5, 5.41) is 19.9. The van der Waals surface area contributed by atoms with Gasteiger partial charge in [0.2, 0.25) is 12.3 Å². The van der Waals surface area contributed by atoms with E-state index in [0.717, 1.165) is 17.3 Å². The quantitative estimate of drug-likeness (QED) is 0.770. The van der Waals surface area contributed by atoms with Crippen LogP contribution in [0.1, 0.15) is 5.56 Å². The fourth-order valence-electron chi connectivity index (χ4n) is 1.97. The minimum atomic E-state index is -0.460. The fourth-order valence-corrected chi connectivity index (χ4v) is 1.97. The van der Waals surface area contributed by atoms with E-state index < -0.39 is 5.82 Å². The number of benzene rings is 2. The average molecular weight is 285 g/mol. The summed E-state index contributed by atoms with van der Waals surface area (Å²) in [4.78, 5) is 0. The third kappa shape index (κ3) is 3.17. The van der Waals surface area contributed by atoms with Gasteiger partial charge in [0, 0.05) is 23.9 Å². The first kappa shape index (κ1) is 13.1. The van der Waals surface area contributed by atoms with Crippen molar-refractivity contribution in [3.8, 4) is 17.2 Å². The molecule has 0 unspecified atom stereocenters. The lowest BCUT2D eigenvalue weighted by atomic mass is 10.2. The lowest BCUT2D eigenvalue weighted by Crippen LogP contribution is -1.99. The Morgan fingerprint density at radius 3 is 2.62 bits per heavy atom. The summed E-state index contributed by atoms with van der Waals surface area (Å²) in [6, 6.07) is 11.4. The number of aromatic hydroxyl groups is 1. The van der Waals surface area contributed by atoms with Crippen molar-refractivity contribution in [3.63, 3.8) is 0 Å². The van der Waals surface area contributed by atoms with E-state index in [1.54, 1.807) is 0 Å². The highest BCUT2D eigenvalue weighted by Crippen LogP contribution is 2.20. The lowest BCUT2D eigenvalue weighted by molar-refractivity contribution is 0.468. The van der Waals surface area contributed by atoms with Crippen molar-refractivity contribution in [3.05, 3.63) is 60.2 Å². The molecule has 0 aliphatic heterocycles. The molecule has 3 aromatic rings. The summed E-state index contributed by atoms with van der Waals surface area (Å²) in [6.45, 7) is 0.408. The van der Waals surface area contributed by atoms with E-state index in [0.29, 0.717) is 18.0 Å². The van der Waals surface area contributed by atoms with Gasteiger partial charge in [0.1, 0.15) is 11.6 Å². The number of hydrogen-bond acceptors (Lipinski definition) is 5. The number of anilines is 1. The Kier molecular flexibility index (Phi) is 3.51. The van der Waals surface area contributed by atoms with Gasteiger partial charge in [0.25, 0.3) is 0 Å². The third-order valence-electron chi connectivity index (χ3n) is 2.93. The first-order valence-electron chi connectivity index (χ1n) is 6.29. The smallest absolute Gasteiger partial charge is 0.247 e. The average Bonchev–Trinajstić information content (AvgIpc) is 2.99. The van der Waals surface area contributed by atoms with Crippen LogP contribution in [0.15, 0.2) is 53.3 Å². The zero-order chi connectivity index (χ0) is 14.7. The molecule has 0 bridgehead atoms. The molecule has 0 aliphatic carbocycles. The molecule has 0 radical (unpaired) electrons. The maximum atomic E-state index is 13.2. The Morgan fingerprint density at radius 1 is 1.14 bits per heavy atom. The summed E-state index contributed by atoms with van der Waals surface area (Å²) >= 11 is 0. The van der Waals surface area contributed by atoms with Gasteiger partial charge in [0.05, 0.1) is 0 Å². The highest BCUT2D eigenvalue weighted by Gasteiger charge is 2.03. The molecule has 106 valence electrons. The van der Waals surface area contributed by atoms with Crippen molar-refractivity contribution in [1.82, 2.24) is 10.2 Å². The molecular formula is C15H12FN3O2. The first-order valence-corrected chi connectivity index (χ1v) is 6.29. The summed E-state index contributed by atoms with van der Waals surface area (Å²) in [7, 11) is 0. The van der Waals surface area contributed by atoms with Crippen LogP contribution in [0.3, 0.4) is 0 Å². The Labute approximate surface area is 120 Å². The predicted octanol–water partition coefficient (Wildman–Crippen LogP) is 3.19. The molecule has 2 N–H and O–H groups in total. The predicted molar refractivity (Wildman–Crippen MR) is 75.1 cm³/mol. The Hall–Kier alpha value is -2.89. The molecule has 2 aromatic carbocycles. The molecular weight excluding hydrogens is 273 g/mol. The molecule has 0 amide bonds. The molecule has 6 heteroatoms. The van der Waals surface area contributed by atoms with Crippen LogP contribution in [-0.4, -0.2) is 15.3 Å². The second-order valence-electron chi connectivity index (χ2n) is 4.49. The van der Waals surface area contributed by atoms with Gasteiger partial charge in [-0.25, -0.2) is 4.39 Å². The van der Waals surface area contributed by atoms with Gasteiger partial charge in [-0.3, -0.25) is 0 Å². The molecule has 0 spiro atoms. The van der Waals surface area contributed by atoms with E-state index in [9.17, 15) is 9.50 Å². The molecule has 3 rings (SSSR count). The number of nitrogens with one attached hydrogen (secondary N) is 1. The first-order chi connectivity index (χ1) is 10.2. The molecule has 21 heavy (non-hydrogen) atoms. The van der Waals surface area contributed by atoms with Crippen LogP contribution in [-0.2, 0) is 6.54 Å². The summed E-state index contributed by atoms with van der Waals surface area (Å²) in [5.74, 6) is -0.0892. The summed E-state index contributed by atoms with van der Waals surface area (Å²) < 4.78 is 18.3. The van der Waals surface area contributed by atoms with Crippen LogP contribution < -0.4 is 5.32 Å². The van der Waals surface area contributed by atoms with Gasteiger partial charge in [0.15, 0.2) is 0 Å². The normalized spacial score (nSPS) is 10.5. The zero-order valence-electron chi connectivity index (χ0n) is 11.0. The van der Waals surface area contributed by atoms with E-state index in [1.807, 2.05) is 24.3 Å². The summed E-state index contributed by atoms with van der Waals surface area (Å²) in [5.41, 5.74) is 2.34. The van der Waals surface area contributed by atoms with Crippen molar-refractivity contribution >= 4 is 5.69 Å². The van der Waals surface area contributed by atoms with E-state index in [-0.39, 0.29) is 5.75 Å². The number of halogens is 1. The van der Waals surface area contributed by atoms with Crippen molar-refractivity contribution in [2.24, 2.45) is 0 Å². The Balaban J connectivity index is 1.68.